The Kier molecular flexibility index (Phi) is 4.68. The van der Waals surface area contributed by atoms with Crippen LogP contribution in [0.4, 0.5) is 0 Å². The van der Waals surface area contributed by atoms with Crippen molar-refractivity contribution in [3.05, 3.63) is 27.4 Å². The summed E-state index contributed by atoms with van der Waals surface area (Å²) in [4.78, 5) is 17.2. The predicted octanol–water partition coefficient (Wildman–Crippen LogP) is 2.68. The molecule has 0 bridgehead atoms. The number of thiophene rings is 1. The normalized spacial score (nSPS) is 12.4. The van der Waals surface area contributed by atoms with Crippen molar-refractivity contribution in [1.82, 2.24) is 10.3 Å². The Morgan fingerprint density at radius 1 is 1.58 bits per heavy atom. The summed E-state index contributed by atoms with van der Waals surface area (Å²) < 4.78 is 0. The minimum Gasteiger partial charge on any atom is -0.394 e. The third-order valence-electron chi connectivity index (χ3n) is 2.82. The van der Waals surface area contributed by atoms with Gasteiger partial charge in [-0.2, -0.15) is 11.3 Å². The van der Waals surface area contributed by atoms with Crippen molar-refractivity contribution in [2.45, 2.75) is 26.3 Å². The van der Waals surface area contributed by atoms with Gasteiger partial charge in [-0.3, -0.25) is 4.79 Å². The van der Waals surface area contributed by atoms with Crippen LogP contribution in [0.3, 0.4) is 0 Å². The SMILES string of the molecule is CCC(CO)NC(=O)c1sc(-c2ccsc2)nc1C. The van der Waals surface area contributed by atoms with Crippen LogP contribution in [0.15, 0.2) is 16.8 Å². The van der Waals surface area contributed by atoms with Crippen molar-refractivity contribution in [3.63, 3.8) is 0 Å². The van der Waals surface area contributed by atoms with Crippen LogP contribution in [-0.4, -0.2) is 28.6 Å². The monoisotopic (exact) mass is 296 g/mol. The molecule has 0 radical (unpaired) electrons. The minimum absolute atomic E-state index is 0.0442. The number of nitrogens with one attached hydrogen (secondary N) is 1. The number of rotatable bonds is 5. The van der Waals surface area contributed by atoms with Crippen LogP contribution >= 0.6 is 22.7 Å². The predicted molar refractivity (Wildman–Crippen MR) is 78.8 cm³/mol. The van der Waals surface area contributed by atoms with Crippen molar-refractivity contribution >= 4 is 28.6 Å². The van der Waals surface area contributed by atoms with E-state index in [2.05, 4.69) is 10.3 Å². The number of hydrogen-bond donors (Lipinski definition) is 2. The highest BCUT2D eigenvalue weighted by molar-refractivity contribution is 7.17. The smallest absolute Gasteiger partial charge is 0.263 e. The number of aliphatic hydroxyl groups is 1. The van der Waals surface area contributed by atoms with Gasteiger partial charge < -0.3 is 10.4 Å². The minimum atomic E-state index is -0.196. The highest BCUT2D eigenvalue weighted by atomic mass is 32.1. The van der Waals surface area contributed by atoms with Crippen molar-refractivity contribution in [2.75, 3.05) is 6.61 Å². The number of carbonyl (C=O) groups is 1. The lowest BCUT2D eigenvalue weighted by molar-refractivity contribution is 0.0918. The molecule has 6 heteroatoms. The molecule has 2 aromatic rings. The fourth-order valence-electron chi connectivity index (χ4n) is 1.64. The first-order valence-electron chi connectivity index (χ1n) is 6.07. The number of amides is 1. The molecule has 0 saturated carbocycles. The summed E-state index contributed by atoms with van der Waals surface area (Å²) in [5, 5.41) is 16.8. The summed E-state index contributed by atoms with van der Waals surface area (Å²) in [6.45, 7) is 3.72. The fourth-order valence-corrected chi connectivity index (χ4v) is 3.33. The number of aromatic nitrogens is 1. The molecule has 4 nitrogen and oxygen atoms in total. The Bertz CT molecular complexity index is 545. The van der Waals surface area contributed by atoms with Crippen LogP contribution in [0.1, 0.15) is 28.7 Å². The van der Waals surface area contributed by atoms with E-state index in [-0.39, 0.29) is 18.6 Å². The third-order valence-corrected chi connectivity index (χ3v) is 4.71. The van der Waals surface area contributed by atoms with Gasteiger partial charge in [-0.05, 0) is 24.8 Å². The zero-order chi connectivity index (χ0) is 13.8. The molecule has 102 valence electrons. The van der Waals surface area contributed by atoms with Gasteiger partial charge in [0.1, 0.15) is 9.88 Å². The van der Waals surface area contributed by atoms with Gasteiger partial charge in [0.2, 0.25) is 0 Å². The molecular formula is C13H16N2O2S2. The second-order valence-corrected chi connectivity index (χ2v) is 5.99. The summed E-state index contributed by atoms with van der Waals surface area (Å²) >= 11 is 3.00. The molecule has 1 atom stereocenters. The Balaban J connectivity index is 2.19. The maximum absolute atomic E-state index is 12.1. The van der Waals surface area contributed by atoms with Crippen LogP contribution in [0.5, 0.6) is 0 Å². The fraction of sp³-hybridized carbons (Fsp3) is 0.385. The van der Waals surface area contributed by atoms with E-state index in [0.29, 0.717) is 11.3 Å². The zero-order valence-electron chi connectivity index (χ0n) is 10.8. The van der Waals surface area contributed by atoms with Crippen molar-refractivity contribution in [2.24, 2.45) is 0 Å². The maximum Gasteiger partial charge on any atom is 0.263 e. The van der Waals surface area contributed by atoms with Crippen LogP contribution in [0.2, 0.25) is 0 Å². The second kappa shape index (κ2) is 6.27. The molecule has 1 amide bonds. The van der Waals surface area contributed by atoms with E-state index in [4.69, 9.17) is 5.11 Å². The molecule has 2 heterocycles. The van der Waals surface area contributed by atoms with E-state index < -0.39 is 0 Å². The second-order valence-electron chi connectivity index (χ2n) is 4.21. The quantitative estimate of drug-likeness (QED) is 0.891. The molecule has 2 aromatic heterocycles. The first-order chi connectivity index (χ1) is 9.15. The molecule has 0 aliphatic heterocycles. The van der Waals surface area contributed by atoms with Crippen LogP contribution in [0.25, 0.3) is 10.6 Å². The number of aliphatic hydroxyl groups excluding tert-OH is 1. The molecule has 2 rings (SSSR count). The third kappa shape index (κ3) is 3.20. The number of hydrogen-bond acceptors (Lipinski definition) is 5. The topological polar surface area (TPSA) is 62.2 Å². The Hall–Kier alpha value is -1.24. The molecule has 0 spiro atoms. The van der Waals surface area contributed by atoms with Gasteiger partial charge in [-0.15, -0.1) is 11.3 Å². The Morgan fingerprint density at radius 3 is 2.95 bits per heavy atom. The standard InChI is InChI=1S/C13H16N2O2S2/c1-3-10(6-16)15-12(17)11-8(2)14-13(19-11)9-4-5-18-7-9/h4-5,7,10,16H,3,6H2,1-2H3,(H,15,17). The summed E-state index contributed by atoms with van der Waals surface area (Å²) in [6, 6.07) is 1.80. The van der Waals surface area contributed by atoms with Crippen LogP contribution in [-0.2, 0) is 0 Å². The summed E-state index contributed by atoms with van der Waals surface area (Å²) in [5.41, 5.74) is 1.78. The maximum atomic E-state index is 12.1. The largest absolute Gasteiger partial charge is 0.394 e. The number of thiazole rings is 1. The van der Waals surface area contributed by atoms with Gasteiger partial charge in [0.05, 0.1) is 18.3 Å². The van der Waals surface area contributed by atoms with E-state index in [9.17, 15) is 4.79 Å². The van der Waals surface area contributed by atoms with E-state index >= 15 is 0 Å². The highest BCUT2D eigenvalue weighted by Crippen LogP contribution is 2.29. The van der Waals surface area contributed by atoms with Gasteiger partial charge in [-0.1, -0.05) is 6.92 Å². The van der Waals surface area contributed by atoms with Gasteiger partial charge in [0.15, 0.2) is 0 Å². The lowest BCUT2D eigenvalue weighted by atomic mass is 10.2. The molecule has 0 fully saturated rings. The van der Waals surface area contributed by atoms with Crippen LogP contribution in [0, 0.1) is 6.92 Å². The van der Waals surface area contributed by atoms with Crippen molar-refractivity contribution in [3.8, 4) is 10.6 Å². The average Bonchev–Trinajstić information content (AvgIpc) is 3.04. The molecule has 0 aromatic carbocycles. The highest BCUT2D eigenvalue weighted by Gasteiger charge is 2.18. The molecule has 2 N–H and O–H groups in total. The van der Waals surface area contributed by atoms with Gasteiger partial charge >= 0.3 is 0 Å². The first-order valence-corrected chi connectivity index (χ1v) is 7.83. The molecule has 19 heavy (non-hydrogen) atoms. The summed E-state index contributed by atoms with van der Waals surface area (Å²) in [5.74, 6) is -0.155. The van der Waals surface area contributed by atoms with Crippen molar-refractivity contribution < 1.29 is 9.90 Å². The Morgan fingerprint density at radius 2 is 2.37 bits per heavy atom. The number of carbonyl (C=O) groups excluding carboxylic acids is 1. The molecular weight excluding hydrogens is 280 g/mol. The molecule has 0 aliphatic rings. The average molecular weight is 296 g/mol. The summed E-state index contributed by atoms with van der Waals surface area (Å²) in [6.07, 6.45) is 0.706. The number of aryl methyl sites for hydroxylation is 1. The lowest BCUT2D eigenvalue weighted by Crippen LogP contribution is -2.36. The lowest BCUT2D eigenvalue weighted by Gasteiger charge is -2.12. The molecule has 0 saturated heterocycles. The van der Waals surface area contributed by atoms with E-state index in [1.165, 1.54) is 11.3 Å². The van der Waals surface area contributed by atoms with Gasteiger partial charge in [0, 0.05) is 10.9 Å². The Labute approximate surface area is 120 Å². The number of nitrogens with zero attached hydrogens (tertiary/aromatic N) is 1. The zero-order valence-corrected chi connectivity index (χ0v) is 12.5. The first kappa shape index (κ1) is 14.2. The van der Waals surface area contributed by atoms with E-state index in [0.717, 1.165) is 16.3 Å². The molecule has 1 unspecified atom stereocenters. The van der Waals surface area contributed by atoms with E-state index in [1.54, 1.807) is 11.3 Å². The summed E-state index contributed by atoms with van der Waals surface area (Å²) in [7, 11) is 0. The van der Waals surface area contributed by atoms with Crippen LogP contribution < -0.4 is 5.32 Å². The van der Waals surface area contributed by atoms with E-state index in [1.807, 2.05) is 30.7 Å². The van der Waals surface area contributed by atoms with Gasteiger partial charge in [0.25, 0.3) is 5.91 Å². The molecule has 0 aliphatic carbocycles. The van der Waals surface area contributed by atoms with Gasteiger partial charge in [-0.25, -0.2) is 4.98 Å². The van der Waals surface area contributed by atoms with Crippen molar-refractivity contribution in [1.29, 1.82) is 0 Å².